The van der Waals surface area contributed by atoms with Gasteiger partial charge in [0.1, 0.15) is 11.3 Å². The zero-order valence-corrected chi connectivity index (χ0v) is 23.4. The lowest BCUT2D eigenvalue weighted by Gasteiger charge is -2.05. The molecule has 11 heteroatoms. The van der Waals surface area contributed by atoms with Crippen LogP contribution in [-0.2, 0) is 18.0 Å². The van der Waals surface area contributed by atoms with E-state index < -0.39 is 0 Å². The number of aliphatic hydroxyl groups is 2. The third kappa shape index (κ3) is 6.03. The first kappa shape index (κ1) is 28.1. The number of nitrogens with zero attached hydrogens (tertiary/aromatic N) is 4. The van der Waals surface area contributed by atoms with Gasteiger partial charge in [-0.3, -0.25) is 13.6 Å². The molecule has 9 nitrogen and oxygen atoms in total. The van der Waals surface area contributed by atoms with Crippen molar-refractivity contribution in [1.29, 1.82) is 0 Å². The summed E-state index contributed by atoms with van der Waals surface area (Å²) in [5.74, 6) is -0.150. The van der Waals surface area contributed by atoms with E-state index in [9.17, 15) is 15.0 Å². The van der Waals surface area contributed by atoms with E-state index in [1.165, 1.54) is 6.92 Å². The number of carbonyl (C=O) groups excluding carboxylic acids is 1. The van der Waals surface area contributed by atoms with Gasteiger partial charge < -0.3 is 21.3 Å². The van der Waals surface area contributed by atoms with Crippen LogP contribution in [-0.4, -0.2) is 34.9 Å². The van der Waals surface area contributed by atoms with E-state index in [-0.39, 0.29) is 19.1 Å². The number of hydrogen-bond donors (Lipinski definition) is 4. The molecule has 0 spiro atoms. The van der Waals surface area contributed by atoms with Crippen LogP contribution in [0.15, 0.2) is 85.2 Å². The Kier molecular flexibility index (Phi) is 8.23. The molecule has 6 rings (SSSR count). The minimum absolute atomic E-state index is 0.109. The highest BCUT2D eigenvalue weighted by atomic mass is 35.5. The van der Waals surface area contributed by atoms with Gasteiger partial charge in [0.25, 0.3) is 0 Å². The number of halogens is 2. The Hall–Kier alpha value is -4.41. The standard InChI is InChI=1S/C16H14ClN3O2.C14H12ClN3O/c1-10(22)18-13-6-7-15-19-16(14(9-21)20(15)8-13)11-2-4-12(17)5-3-11;15-10-3-1-9(2-4-10)14-12(8-19)18-7-11(16)5-6-13(18)17-14/h2-8,21H,9H2,1H3,(H,18,22);1-7,19H,8,16H2. The molecule has 4 aromatic heterocycles. The Morgan fingerprint density at radius 1 is 0.756 bits per heavy atom. The average molecular weight is 589 g/mol. The number of aromatic nitrogens is 4. The third-order valence-electron chi connectivity index (χ3n) is 6.31. The summed E-state index contributed by atoms with van der Waals surface area (Å²) in [6.07, 6.45) is 3.50. The summed E-state index contributed by atoms with van der Waals surface area (Å²) < 4.78 is 3.58. The predicted molar refractivity (Wildman–Crippen MR) is 162 cm³/mol. The Bertz CT molecular complexity index is 1850. The van der Waals surface area contributed by atoms with Crippen LogP contribution in [0.1, 0.15) is 18.3 Å². The number of fused-ring (bicyclic) bond motifs is 2. The smallest absolute Gasteiger partial charge is 0.221 e. The quantitative estimate of drug-likeness (QED) is 0.200. The van der Waals surface area contributed by atoms with Crippen molar-refractivity contribution in [2.45, 2.75) is 20.1 Å². The summed E-state index contributed by atoms with van der Waals surface area (Å²) in [6, 6.07) is 21.8. The maximum Gasteiger partial charge on any atom is 0.221 e. The van der Waals surface area contributed by atoms with Gasteiger partial charge in [0.15, 0.2) is 0 Å². The first-order valence-corrected chi connectivity index (χ1v) is 13.3. The summed E-state index contributed by atoms with van der Waals surface area (Å²) in [5.41, 5.74) is 13.1. The van der Waals surface area contributed by atoms with Gasteiger partial charge in [-0.25, -0.2) is 9.97 Å². The van der Waals surface area contributed by atoms with E-state index in [1.54, 1.807) is 63.7 Å². The maximum absolute atomic E-state index is 11.2. The van der Waals surface area contributed by atoms with E-state index in [0.717, 1.165) is 22.5 Å². The lowest BCUT2D eigenvalue weighted by atomic mass is 10.1. The van der Waals surface area contributed by atoms with Crippen LogP contribution in [0.3, 0.4) is 0 Å². The highest BCUT2D eigenvalue weighted by Crippen LogP contribution is 2.28. The Morgan fingerprint density at radius 2 is 1.22 bits per heavy atom. The highest BCUT2D eigenvalue weighted by Gasteiger charge is 2.15. The van der Waals surface area contributed by atoms with Gasteiger partial charge in [-0.1, -0.05) is 47.5 Å². The molecule has 0 fully saturated rings. The molecule has 4 heterocycles. The number of nitrogens with one attached hydrogen (secondary N) is 1. The number of nitrogens with two attached hydrogens (primary N) is 1. The fraction of sp³-hybridized carbons (Fsp3) is 0.100. The summed E-state index contributed by atoms with van der Waals surface area (Å²) in [6.45, 7) is 1.18. The number of hydrogen-bond acceptors (Lipinski definition) is 6. The second kappa shape index (κ2) is 12.0. The van der Waals surface area contributed by atoms with Crippen molar-refractivity contribution in [3.63, 3.8) is 0 Å². The number of anilines is 2. The number of benzene rings is 2. The van der Waals surface area contributed by atoms with E-state index >= 15 is 0 Å². The molecule has 0 saturated heterocycles. The van der Waals surface area contributed by atoms with Crippen LogP contribution in [0, 0.1) is 0 Å². The molecular weight excluding hydrogens is 563 g/mol. The van der Waals surface area contributed by atoms with Crippen LogP contribution in [0.5, 0.6) is 0 Å². The van der Waals surface area contributed by atoms with Gasteiger partial charge in [-0.15, -0.1) is 0 Å². The average Bonchev–Trinajstić information content (AvgIpc) is 3.51. The molecule has 2 aromatic carbocycles. The topological polar surface area (TPSA) is 130 Å². The third-order valence-corrected chi connectivity index (χ3v) is 6.82. The van der Waals surface area contributed by atoms with E-state index in [0.29, 0.717) is 44.1 Å². The minimum atomic E-state index is -0.164. The molecule has 0 aliphatic heterocycles. The van der Waals surface area contributed by atoms with Gasteiger partial charge in [-0.05, 0) is 48.5 Å². The zero-order valence-electron chi connectivity index (χ0n) is 21.9. The van der Waals surface area contributed by atoms with Gasteiger partial charge in [0.2, 0.25) is 5.91 Å². The normalized spacial score (nSPS) is 11.0. The minimum Gasteiger partial charge on any atom is -0.398 e. The molecular formula is C30H26Cl2N6O3. The number of aliphatic hydroxyl groups excluding tert-OH is 2. The van der Waals surface area contributed by atoms with E-state index in [4.69, 9.17) is 28.9 Å². The molecule has 0 bridgehead atoms. The number of pyridine rings is 2. The monoisotopic (exact) mass is 588 g/mol. The number of carbonyl (C=O) groups is 1. The van der Waals surface area contributed by atoms with Crippen molar-refractivity contribution < 1.29 is 15.0 Å². The molecule has 208 valence electrons. The molecule has 0 saturated carbocycles. The van der Waals surface area contributed by atoms with Gasteiger partial charge in [-0.2, -0.15) is 0 Å². The molecule has 0 aliphatic carbocycles. The molecule has 6 aromatic rings. The predicted octanol–water partition coefficient (Wildman–Crippen LogP) is 5.83. The lowest BCUT2D eigenvalue weighted by molar-refractivity contribution is -0.114. The molecule has 0 aliphatic rings. The van der Waals surface area contributed by atoms with Gasteiger partial charge in [0, 0.05) is 46.2 Å². The fourth-order valence-corrected chi connectivity index (χ4v) is 4.71. The van der Waals surface area contributed by atoms with Gasteiger partial charge >= 0.3 is 0 Å². The van der Waals surface area contributed by atoms with Crippen molar-refractivity contribution in [2.24, 2.45) is 0 Å². The summed E-state index contributed by atoms with van der Waals surface area (Å²) in [5, 5.41) is 23.3. The second-order valence-electron chi connectivity index (χ2n) is 9.16. The van der Waals surface area contributed by atoms with E-state index in [1.807, 2.05) is 30.3 Å². The number of rotatable bonds is 5. The first-order valence-electron chi connectivity index (χ1n) is 12.6. The van der Waals surface area contributed by atoms with Crippen molar-refractivity contribution in [2.75, 3.05) is 11.1 Å². The summed E-state index contributed by atoms with van der Waals surface area (Å²) >= 11 is 11.8. The Balaban J connectivity index is 0.000000166. The zero-order chi connectivity index (χ0) is 29.1. The molecule has 41 heavy (non-hydrogen) atoms. The number of nitrogen functional groups attached to an aromatic ring is 1. The van der Waals surface area contributed by atoms with Crippen LogP contribution >= 0.6 is 23.2 Å². The fourth-order valence-electron chi connectivity index (χ4n) is 4.46. The van der Waals surface area contributed by atoms with Crippen LogP contribution in [0.4, 0.5) is 11.4 Å². The molecule has 1 amide bonds. The van der Waals surface area contributed by atoms with Crippen molar-refractivity contribution in [3.8, 4) is 22.5 Å². The number of amides is 1. The molecule has 0 radical (unpaired) electrons. The molecule has 0 unspecified atom stereocenters. The van der Waals surface area contributed by atoms with Crippen LogP contribution in [0.2, 0.25) is 10.0 Å². The van der Waals surface area contributed by atoms with Crippen LogP contribution in [0.25, 0.3) is 33.8 Å². The van der Waals surface area contributed by atoms with Gasteiger partial charge in [0.05, 0.1) is 41.7 Å². The lowest BCUT2D eigenvalue weighted by Crippen LogP contribution is -2.06. The molecule has 5 N–H and O–H groups in total. The molecule has 0 atom stereocenters. The first-order chi connectivity index (χ1) is 19.8. The van der Waals surface area contributed by atoms with Crippen LogP contribution < -0.4 is 11.1 Å². The largest absolute Gasteiger partial charge is 0.398 e. The Labute approximate surface area is 245 Å². The summed E-state index contributed by atoms with van der Waals surface area (Å²) in [4.78, 5) is 20.2. The Morgan fingerprint density at radius 3 is 1.68 bits per heavy atom. The maximum atomic E-state index is 11.2. The number of imidazole rings is 2. The van der Waals surface area contributed by atoms with Crippen molar-refractivity contribution in [1.82, 2.24) is 18.8 Å². The van der Waals surface area contributed by atoms with Crippen molar-refractivity contribution in [3.05, 3.63) is 107 Å². The van der Waals surface area contributed by atoms with E-state index in [2.05, 4.69) is 15.3 Å². The highest BCUT2D eigenvalue weighted by molar-refractivity contribution is 6.30. The SMILES string of the molecule is CC(=O)Nc1ccc2nc(-c3ccc(Cl)cc3)c(CO)n2c1.Nc1ccc2nc(-c3ccc(Cl)cc3)c(CO)n2c1. The summed E-state index contributed by atoms with van der Waals surface area (Å²) in [7, 11) is 0. The van der Waals surface area contributed by atoms with Crippen molar-refractivity contribution >= 4 is 51.8 Å². The second-order valence-corrected chi connectivity index (χ2v) is 10.0.